The lowest BCUT2D eigenvalue weighted by atomic mass is 9.97. The number of carbonyl (C=O) groups excluding carboxylic acids is 1. The molecule has 0 radical (unpaired) electrons. The third-order valence-corrected chi connectivity index (χ3v) is 4.96. The monoisotopic (exact) mass is 368 g/mol. The second-order valence-electron chi connectivity index (χ2n) is 7.62. The fourth-order valence-corrected chi connectivity index (χ4v) is 3.56. The second-order valence-corrected chi connectivity index (χ2v) is 7.62. The number of piperazine rings is 1. The fourth-order valence-electron chi connectivity index (χ4n) is 3.56. The Morgan fingerprint density at radius 1 is 1.11 bits per heavy atom. The summed E-state index contributed by atoms with van der Waals surface area (Å²) >= 11 is 0. The van der Waals surface area contributed by atoms with Crippen LogP contribution in [0.1, 0.15) is 31.9 Å². The van der Waals surface area contributed by atoms with Crippen LogP contribution < -0.4 is 15.1 Å². The van der Waals surface area contributed by atoms with Gasteiger partial charge in [-0.05, 0) is 24.0 Å². The van der Waals surface area contributed by atoms with E-state index in [2.05, 4.69) is 46.2 Å². The largest absolute Gasteiger partial charge is 0.344 e. The molecule has 27 heavy (non-hydrogen) atoms. The molecule has 3 rings (SSSR count). The molecular weight excluding hydrogens is 338 g/mol. The smallest absolute Gasteiger partial charge is 0.275 e. The zero-order chi connectivity index (χ0) is 19.1. The first-order valence-corrected chi connectivity index (χ1v) is 9.81. The van der Waals surface area contributed by atoms with Gasteiger partial charge in [-0.25, -0.2) is 9.97 Å². The van der Waals surface area contributed by atoms with Gasteiger partial charge in [0.15, 0.2) is 6.54 Å². The number of amides is 1. The van der Waals surface area contributed by atoms with Crippen LogP contribution in [0.2, 0.25) is 0 Å². The van der Waals surface area contributed by atoms with E-state index < -0.39 is 0 Å². The lowest BCUT2D eigenvalue weighted by Gasteiger charge is -2.32. The topological polar surface area (TPSA) is 62.6 Å². The van der Waals surface area contributed by atoms with Crippen LogP contribution in [0.5, 0.6) is 0 Å². The van der Waals surface area contributed by atoms with E-state index in [1.165, 1.54) is 10.5 Å². The molecule has 2 heterocycles. The highest BCUT2D eigenvalue weighted by molar-refractivity contribution is 5.77. The summed E-state index contributed by atoms with van der Waals surface area (Å²) < 4.78 is 0. The molecule has 2 N–H and O–H groups in total. The molecular formula is C21H30N5O+. The van der Waals surface area contributed by atoms with Crippen molar-refractivity contribution in [3.63, 3.8) is 0 Å². The van der Waals surface area contributed by atoms with Crippen LogP contribution in [0.3, 0.4) is 0 Å². The molecule has 1 aliphatic rings. The number of nitrogens with one attached hydrogen (secondary N) is 2. The number of carbonyl (C=O) groups is 1. The van der Waals surface area contributed by atoms with Crippen molar-refractivity contribution in [3.05, 3.63) is 54.4 Å². The van der Waals surface area contributed by atoms with Gasteiger partial charge in [0.2, 0.25) is 5.95 Å². The minimum atomic E-state index is 0.0807. The molecule has 2 aromatic rings. The Bertz CT molecular complexity index is 699. The average molecular weight is 369 g/mol. The number of anilines is 1. The number of hydrogen-bond acceptors (Lipinski definition) is 4. The summed E-state index contributed by atoms with van der Waals surface area (Å²) in [6.45, 7) is 8.50. The average Bonchev–Trinajstić information content (AvgIpc) is 2.69. The number of benzene rings is 1. The summed E-state index contributed by atoms with van der Waals surface area (Å²) in [5.41, 5.74) is 1.18. The summed E-state index contributed by atoms with van der Waals surface area (Å²) in [5.74, 6) is 1.43. The predicted octanol–water partition coefficient (Wildman–Crippen LogP) is 1.09. The highest BCUT2D eigenvalue weighted by Crippen LogP contribution is 2.20. The summed E-state index contributed by atoms with van der Waals surface area (Å²) in [6, 6.07) is 12.2. The van der Waals surface area contributed by atoms with Crippen molar-refractivity contribution in [1.29, 1.82) is 0 Å². The molecule has 0 unspecified atom stereocenters. The molecule has 1 aromatic carbocycles. The lowest BCUT2D eigenvalue weighted by Crippen LogP contribution is -3.16. The van der Waals surface area contributed by atoms with Crippen LogP contribution in [-0.2, 0) is 4.79 Å². The Hall–Kier alpha value is -2.47. The number of rotatable bonds is 7. The zero-order valence-corrected chi connectivity index (χ0v) is 16.3. The van der Waals surface area contributed by atoms with E-state index in [9.17, 15) is 4.79 Å². The van der Waals surface area contributed by atoms with E-state index in [0.29, 0.717) is 12.5 Å². The fraction of sp³-hybridized carbons (Fsp3) is 0.476. The summed E-state index contributed by atoms with van der Waals surface area (Å²) in [6.07, 6.45) is 4.49. The lowest BCUT2D eigenvalue weighted by molar-refractivity contribution is -0.892. The molecule has 0 aliphatic carbocycles. The summed E-state index contributed by atoms with van der Waals surface area (Å²) in [5, 5.41) is 3.26. The number of nitrogens with zero attached hydrogens (tertiary/aromatic N) is 3. The first-order chi connectivity index (χ1) is 13.1. The van der Waals surface area contributed by atoms with Crippen LogP contribution in [0, 0.1) is 5.92 Å². The first kappa shape index (κ1) is 19.3. The van der Waals surface area contributed by atoms with Crippen LogP contribution in [-0.4, -0.2) is 48.6 Å². The van der Waals surface area contributed by atoms with Crippen LogP contribution in [0.4, 0.5) is 5.95 Å². The number of quaternary nitrogens is 1. The SMILES string of the molecule is CC(C)C[C@@H](NC(=O)C[NH+]1CCN(c2ncccn2)CC1)c1ccccc1. The number of hydrogen-bond donors (Lipinski definition) is 2. The summed E-state index contributed by atoms with van der Waals surface area (Å²) in [4.78, 5) is 24.8. The Balaban J connectivity index is 1.51. The Kier molecular flexibility index (Phi) is 6.76. The van der Waals surface area contributed by atoms with Gasteiger partial charge < -0.3 is 15.1 Å². The van der Waals surface area contributed by atoms with Crippen LogP contribution >= 0.6 is 0 Å². The maximum absolute atomic E-state index is 12.7. The van der Waals surface area contributed by atoms with Gasteiger partial charge in [0.1, 0.15) is 0 Å². The van der Waals surface area contributed by atoms with Crippen molar-refractivity contribution >= 4 is 11.9 Å². The van der Waals surface area contributed by atoms with Crippen LogP contribution in [0.15, 0.2) is 48.8 Å². The van der Waals surface area contributed by atoms with Crippen molar-refractivity contribution in [3.8, 4) is 0 Å². The maximum Gasteiger partial charge on any atom is 0.275 e. The third-order valence-electron chi connectivity index (χ3n) is 4.96. The highest BCUT2D eigenvalue weighted by atomic mass is 16.2. The molecule has 1 fully saturated rings. The molecule has 0 spiro atoms. The van der Waals surface area contributed by atoms with E-state index in [4.69, 9.17) is 0 Å². The minimum Gasteiger partial charge on any atom is -0.344 e. The second kappa shape index (κ2) is 9.46. The standard InChI is InChI=1S/C21H29N5O/c1-17(2)15-19(18-7-4-3-5-8-18)24-20(27)16-25-11-13-26(14-12-25)21-22-9-6-10-23-21/h3-10,17,19H,11-16H2,1-2H3,(H,24,27)/p+1/t19-/m1/s1. The van der Waals surface area contributed by atoms with E-state index in [-0.39, 0.29) is 11.9 Å². The van der Waals surface area contributed by atoms with Gasteiger partial charge in [-0.3, -0.25) is 4.79 Å². The molecule has 144 valence electrons. The quantitative estimate of drug-likeness (QED) is 0.768. The first-order valence-electron chi connectivity index (χ1n) is 9.81. The Morgan fingerprint density at radius 2 is 1.78 bits per heavy atom. The Morgan fingerprint density at radius 3 is 2.41 bits per heavy atom. The van der Waals surface area contributed by atoms with Gasteiger partial charge in [-0.15, -0.1) is 0 Å². The normalized spacial score (nSPS) is 16.3. The van der Waals surface area contributed by atoms with Crippen molar-refractivity contribution in [2.75, 3.05) is 37.6 Å². The zero-order valence-electron chi connectivity index (χ0n) is 16.3. The molecule has 1 aliphatic heterocycles. The molecule has 1 aromatic heterocycles. The molecule has 1 atom stereocenters. The molecule has 6 heteroatoms. The van der Waals surface area contributed by atoms with Gasteiger partial charge >= 0.3 is 0 Å². The summed E-state index contributed by atoms with van der Waals surface area (Å²) in [7, 11) is 0. The Labute approximate surface area is 161 Å². The predicted molar refractivity (Wildman–Crippen MR) is 107 cm³/mol. The van der Waals surface area contributed by atoms with Gasteiger partial charge in [-0.2, -0.15) is 0 Å². The van der Waals surface area contributed by atoms with Crippen LogP contribution in [0.25, 0.3) is 0 Å². The van der Waals surface area contributed by atoms with E-state index in [1.807, 2.05) is 24.3 Å². The van der Waals surface area contributed by atoms with E-state index in [1.54, 1.807) is 12.4 Å². The molecule has 6 nitrogen and oxygen atoms in total. The maximum atomic E-state index is 12.7. The molecule has 1 amide bonds. The van der Waals surface area contributed by atoms with Crippen molar-refractivity contribution in [1.82, 2.24) is 15.3 Å². The van der Waals surface area contributed by atoms with Crippen molar-refractivity contribution in [2.24, 2.45) is 5.92 Å². The van der Waals surface area contributed by atoms with Crippen molar-refractivity contribution < 1.29 is 9.69 Å². The molecule has 0 bridgehead atoms. The molecule has 0 saturated carbocycles. The van der Waals surface area contributed by atoms with Gasteiger partial charge in [-0.1, -0.05) is 44.2 Å². The van der Waals surface area contributed by atoms with Gasteiger partial charge in [0.25, 0.3) is 5.91 Å². The van der Waals surface area contributed by atoms with E-state index in [0.717, 1.165) is 38.5 Å². The highest BCUT2D eigenvalue weighted by Gasteiger charge is 2.25. The van der Waals surface area contributed by atoms with Gasteiger partial charge in [0.05, 0.1) is 32.2 Å². The minimum absolute atomic E-state index is 0.0807. The van der Waals surface area contributed by atoms with E-state index >= 15 is 0 Å². The van der Waals surface area contributed by atoms with Gasteiger partial charge in [0, 0.05) is 12.4 Å². The van der Waals surface area contributed by atoms with Crippen molar-refractivity contribution in [2.45, 2.75) is 26.3 Å². The third kappa shape index (κ3) is 5.76. The molecule has 1 saturated heterocycles. The number of aromatic nitrogens is 2.